The minimum atomic E-state index is -0.578. The van der Waals surface area contributed by atoms with Gasteiger partial charge in [0.15, 0.2) is 0 Å². The van der Waals surface area contributed by atoms with Crippen LogP contribution in [0.5, 0.6) is 0 Å². The van der Waals surface area contributed by atoms with Crippen molar-refractivity contribution in [1.82, 2.24) is 9.80 Å². The van der Waals surface area contributed by atoms with Crippen LogP contribution in [0.1, 0.15) is 0 Å². The molecule has 0 saturated carbocycles. The Hall–Kier alpha value is -3.59. The number of benzene rings is 2. The topological polar surface area (TPSA) is 103 Å². The highest BCUT2D eigenvalue weighted by Crippen LogP contribution is 2.16. The van der Waals surface area contributed by atoms with E-state index < -0.39 is 6.09 Å². The third-order valence-electron chi connectivity index (χ3n) is 4.63. The lowest BCUT2D eigenvalue weighted by molar-refractivity contribution is -0.117. The number of rotatable bonds is 5. The van der Waals surface area contributed by atoms with E-state index >= 15 is 0 Å². The molecule has 0 aromatic heterocycles. The fourth-order valence-electron chi connectivity index (χ4n) is 3.08. The van der Waals surface area contributed by atoms with Gasteiger partial charge < -0.3 is 20.3 Å². The van der Waals surface area contributed by atoms with E-state index in [2.05, 4.69) is 20.7 Å². The van der Waals surface area contributed by atoms with Crippen molar-refractivity contribution in [3.8, 4) is 0 Å². The van der Waals surface area contributed by atoms with Gasteiger partial charge in [0.2, 0.25) is 5.91 Å². The molecule has 0 bridgehead atoms. The van der Waals surface area contributed by atoms with Crippen molar-refractivity contribution < 1.29 is 19.1 Å². The molecule has 3 N–H and O–H groups in total. The number of ether oxygens (including phenoxy) is 1. The van der Waals surface area contributed by atoms with Crippen molar-refractivity contribution in [2.24, 2.45) is 0 Å². The van der Waals surface area contributed by atoms with Crippen LogP contribution in [0.4, 0.5) is 26.7 Å². The van der Waals surface area contributed by atoms with Crippen molar-refractivity contribution in [2.45, 2.75) is 0 Å². The summed E-state index contributed by atoms with van der Waals surface area (Å²) >= 11 is 0. The van der Waals surface area contributed by atoms with Crippen molar-refractivity contribution in [1.29, 1.82) is 0 Å². The Morgan fingerprint density at radius 2 is 1.47 bits per heavy atom. The van der Waals surface area contributed by atoms with Crippen LogP contribution in [0, 0.1) is 0 Å². The quantitative estimate of drug-likeness (QED) is 0.702. The standard InChI is InChI=1S/C21H25N5O4/c1-30-21(29)24-18-9-5-8-17(14-18)23-20(28)26-12-10-25(11-13-26)15-19(27)22-16-6-3-2-4-7-16/h2-9,14H,10-13,15H2,1H3,(H,22,27)(H,23,28)(H,24,29). The van der Waals surface area contributed by atoms with E-state index in [4.69, 9.17) is 0 Å². The summed E-state index contributed by atoms with van der Waals surface area (Å²) in [6, 6.07) is 15.9. The number of para-hydroxylation sites is 1. The molecule has 0 radical (unpaired) electrons. The molecule has 0 spiro atoms. The highest BCUT2D eigenvalue weighted by molar-refractivity contribution is 5.93. The van der Waals surface area contributed by atoms with E-state index in [1.807, 2.05) is 35.2 Å². The van der Waals surface area contributed by atoms with Gasteiger partial charge in [-0.3, -0.25) is 15.0 Å². The van der Waals surface area contributed by atoms with Gasteiger partial charge in [0.25, 0.3) is 0 Å². The molecule has 1 fully saturated rings. The van der Waals surface area contributed by atoms with Crippen LogP contribution in [-0.2, 0) is 9.53 Å². The predicted octanol–water partition coefficient (Wildman–Crippen LogP) is 2.65. The molecular weight excluding hydrogens is 386 g/mol. The Balaban J connectivity index is 1.44. The third kappa shape index (κ3) is 6.21. The third-order valence-corrected chi connectivity index (χ3v) is 4.63. The smallest absolute Gasteiger partial charge is 0.411 e. The number of hydrogen-bond acceptors (Lipinski definition) is 5. The van der Waals surface area contributed by atoms with Crippen LogP contribution in [0.15, 0.2) is 54.6 Å². The molecule has 4 amide bonds. The van der Waals surface area contributed by atoms with Gasteiger partial charge in [-0.1, -0.05) is 24.3 Å². The molecule has 3 rings (SSSR count). The maximum atomic E-state index is 12.5. The highest BCUT2D eigenvalue weighted by atomic mass is 16.5. The first-order valence-corrected chi connectivity index (χ1v) is 9.62. The lowest BCUT2D eigenvalue weighted by Crippen LogP contribution is -2.51. The van der Waals surface area contributed by atoms with Crippen molar-refractivity contribution >= 4 is 35.1 Å². The van der Waals surface area contributed by atoms with E-state index in [9.17, 15) is 14.4 Å². The van der Waals surface area contributed by atoms with Gasteiger partial charge in [-0.2, -0.15) is 0 Å². The minimum Gasteiger partial charge on any atom is -0.453 e. The van der Waals surface area contributed by atoms with Crippen molar-refractivity contribution in [3.05, 3.63) is 54.6 Å². The van der Waals surface area contributed by atoms with Gasteiger partial charge in [-0.15, -0.1) is 0 Å². The Morgan fingerprint density at radius 1 is 0.833 bits per heavy atom. The van der Waals surface area contributed by atoms with Crippen LogP contribution in [-0.4, -0.2) is 67.7 Å². The van der Waals surface area contributed by atoms with Crippen LogP contribution >= 0.6 is 0 Å². The normalized spacial score (nSPS) is 14.0. The Kier molecular flexibility index (Phi) is 7.23. The van der Waals surface area contributed by atoms with Crippen molar-refractivity contribution in [3.63, 3.8) is 0 Å². The summed E-state index contributed by atoms with van der Waals surface area (Å²) in [5.74, 6) is -0.0750. The molecule has 1 aliphatic heterocycles. The van der Waals surface area contributed by atoms with E-state index in [-0.39, 0.29) is 18.5 Å². The maximum absolute atomic E-state index is 12.5. The van der Waals surface area contributed by atoms with Crippen LogP contribution in [0.25, 0.3) is 0 Å². The molecule has 0 unspecified atom stereocenters. The number of methoxy groups -OCH3 is 1. The summed E-state index contributed by atoms with van der Waals surface area (Å²) in [6.07, 6.45) is -0.578. The zero-order chi connectivity index (χ0) is 21.3. The summed E-state index contributed by atoms with van der Waals surface area (Å²) in [6.45, 7) is 2.54. The number of carbonyl (C=O) groups excluding carboxylic acids is 3. The predicted molar refractivity (Wildman–Crippen MR) is 115 cm³/mol. The van der Waals surface area contributed by atoms with E-state index in [0.717, 1.165) is 5.69 Å². The van der Waals surface area contributed by atoms with Gasteiger partial charge >= 0.3 is 12.1 Å². The molecule has 1 saturated heterocycles. The monoisotopic (exact) mass is 411 g/mol. The Bertz CT molecular complexity index is 882. The maximum Gasteiger partial charge on any atom is 0.411 e. The highest BCUT2D eigenvalue weighted by Gasteiger charge is 2.22. The Labute approximate surface area is 175 Å². The van der Waals surface area contributed by atoms with Crippen LogP contribution < -0.4 is 16.0 Å². The van der Waals surface area contributed by atoms with Gasteiger partial charge in [0.1, 0.15) is 0 Å². The van der Waals surface area contributed by atoms with E-state index in [1.165, 1.54) is 7.11 Å². The summed E-state index contributed by atoms with van der Waals surface area (Å²) < 4.78 is 4.56. The number of hydrogen-bond donors (Lipinski definition) is 3. The number of urea groups is 1. The molecule has 30 heavy (non-hydrogen) atoms. The van der Waals surface area contributed by atoms with Gasteiger partial charge in [-0.05, 0) is 30.3 Å². The first-order chi connectivity index (χ1) is 14.5. The zero-order valence-electron chi connectivity index (χ0n) is 16.8. The molecule has 2 aromatic rings. The average molecular weight is 411 g/mol. The molecule has 1 heterocycles. The molecule has 0 atom stereocenters. The molecule has 9 heteroatoms. The first kappa shape index (κ1) is 21.1. The fourth-order valence-corrected chi connectivity index (χ4v) is 3.08. The second kappa shape index (κ2) is 10.3. The summed E-state index contributed by atoms with van der Waals surface area (Å²) in [5.41, 5.74) is 1.86. The number of anilines is 3. The molecule has 2 aromatic carbocycles. The largest absolute Gasteiger partial charge is 0.453 e. The van der Waals surface area contributed by atoms with E-state index in [1.54, 1.807) is 29.2 Å². The molecular formula is C21H25N5O4. The number of piperazine rings is 1. The number of nitrogens with one attached hydrogen (secondary N) is 3. The lowest BCUT2D eigenvalue weighted by atomic mass is 10.2. The second-order valence-corrected chi connectivity index (χ2v) is 6.80. The van der Waals surface area contributed by atoms with Crippen LogP contribution in [0.2, 0.25) is 0 Å². The molecule has 0 aliphatic carbocycles. The molecule has 158 valence electrons. The second-order valence-electron chi connectivity index (χ2n) is 6.80. The fraction of sp³-hybridized carbons (Fsp3) is 0.286. The number of amides is 4. The summed E-state index contributed by atoms with van der Waals surface area (Å²) in [5, 5.41) is 8.25. The van der Waals surface area contributed by atoms with Crippen molar-refractivity contribution in [2.75, 3.05) is 55.8 Å². The summed E-state index contributed by atoms with van der Waals surface area (Å²) in [7, 11) is 1.28. The number of carbonyl (C=O) groups is 3. The average Bonchev–Trinajstić information content (AvgIpc) is 2.75. The minimum absolute atomic E-state index is 0.0750. The lowest BCUT2D eigenvalue weighted by Gasteiger charge is -2.34. The Morgan fingerprint density at radius 3 is 2.13 bits per heavy atom. The SMILES string of the molecule is COC(=O)Nc1cccc(NC(=O)N2CCN(CC(=O)Nc3ccccc3)CC2)c1. The zero-order valence-corrected chi connectivity index (χ0v) is 16.8. The van der Waals surface area contributed by atoms with E-state index in [0.29, 0.717) is 37.6 Å². The first-order valence-electron chi connectivity index (χ1n) is 9.62. The van der Waals surface area contributed by atoms with Gasteiger partial charge in [0.05, 0.1) is 13.7 Å². The summed E-state index contributed by atoms with van der Waals surface area (Å²) in [4.78, 5) is 39.7. The molecule has 9 nitrogen and oxygen atoms in total. The van der Waals surface area contributed by atoms with Gasteiger partial charge in [-0.25, -0.2) is 9.59 Å². The molecule has 1 aliphatic rings. The van der Waals surface area contributed by atoms with Crippen LogP contribution in [0.3, 0.4) is 0 Å². The number of nitrogens with zero attached hydrogens (tertiary/aromatic N) is 2. The van der Waals surface area contributed by atoms with Gasteiger partial charge in [0, 0.05) is 43.2 Å².